The fourth-order valence-corrected chi connectivity index (χ4v) is 2.73. The first-order valence-corrected chi connectivity index (χ1v) is 8.77. The van der Waals surface area contributed by atoms with Crippen molar-refractivity contribution in [3.63, 3.8) is 0 Å². The Labute approximate surface area is 153 Å². The molecule has 0 radical (unpaired) electrons. The zero-order valence-corrected chi connectivity index (χ0v) is 15.0. The normalized spacial score (nSPS) is 14.4. The van der Waals surface area contributed by atoms with Gasteiger partial charge in [0.05, 0.1) is 0 Å². The lowest BCUT2D eigenvalue weighted by molar-refractivity contribution is -0.158. The van der Waals surface area contributed by atoms with Crippen LogP contribution in [-0.4, -0.2) is 24.5 Å². The molecule has 1 fully saturated rings. The van der Waals surface area contributed by atoms with E-state index >= 15 is 0 Å². The quantitative estimate of drug-likeness (QED) is 0.776. The number of benzene rings is 2. The predicted molar refractivity (Wildman–Crippen MR) is 97.9 cm³/mol. The summed E-state index contributed by atoms with van der Waals surface area (Å²) in [7, 11) is 0. The van der Waals surface area contributed by atoms with E-state index < -0.39 is 12.1 Å². The van der Waals surface area contributed by atoms with Gasteiger partial charge in [-0.2, -0.15) is 0 Å². The SMILES string of the molecule is Cc1cc(C)cc(OCC(=O)O[C@H](C(=O)NC2CC2)c2ccccc2)c1. The number of carbonyl (C=O) groups excluding carboxylic acids is 2. The van der Waals surface area contributed by atoms with Crippen LogP contribution in [0.4, 0.5) is 0 Å². The van der Waals surface area contributed by atoms with E-state index in [1.165, 1.54) is 0 Å². The molecule has 1 N–H and O–H groups in total. The minimum atomic E-state index is -0.966. The fraction of sp³-hybridized carbons (Fsp3) is 0.333. The van der Waals surface area contributed by atoms with Gasteiger partial charge in [0, 0.05) is 11.6 Å². The van der Waals surface area contributed by atoms with Crippen molar-refractivity contribution in [1.82, 2.24) is 5.32 Å². The highest BCUT2D eigenvalue weighted by Gasteiger charge is 2.30. The lowest BCUT2D eigenvalue weighted by Gasteiger charge is -2.18. The number of carbonyl (C=O) groups is 2. The van der Waals surface area contributed by atoms with Gasteiger partial charge in [-0.1, -0.05) is 36.4 Å². The Kier molecular flexibility index (Phi) is 5.56. The molecule has 1 amide bonds. The van der Waals surface area contributed by atoms with Gasteiger partial charge in [0.2, 0.25) is 6.10 Å². The molecule has 0 spiro atoms. The third-order valence-corrected chi connectivity index (χ3v) is 4.07. The fourth-order valence-electron chi connectivity index (χ4n) is 2.73. The van der Waals surface area contributed by atoms with Gasteiger partial charge >= 0.3 is 5.97 Å². The van der Waals surface area contributed by atoms with E-state index in [1.54, 1.807) is 12.1 Å². The van der Waals surface area contributed by atoms with Crippen LogP contribution in [-0.2, 0) is 14.3 Å². The maximum absolute atomic E-state index is 12.5. The number of rotatable bonds is 7. The van der Waals surface area contributed by atoms with Crippen LogP contribution >= 0.6 is 0 Å². The summed E-state index contributed by atoms with van der Waals surface area (Å²) in [6.45, 7) is 3.68. The number of amides is 1. The molecule has 1 aliphatic carbocycles. The smallest absolute Gasteiger partial charge is 0.345 e. The van der Waals surface area contributed by atoms with Crippen molar-refractivity contribution in [2.24, 2.45) is 0 Å². The van der Waals surface area contributed by atoms with Gasteiger partial charge in [-0.3, -0.25) is 4.79 Å². The van der Waals surface area contributed by atoms with Crippen LogP contribution in [0.25, 0.3) is 0 Å². The summed E-state index contributed by atoms with van der Waals surface area (Å²) < 4.78 is 11.0. The molecule has 0 heterocycles. The maximum atomic E-state index is 12.5. The molecule has 1 atom stereocenters. The molecule has 1 saturated carbocycles. The zero-order chi connectivity index (χ0) is 18.5. The van der Waals surface area contributed by atoms with Crippen molar-refractivity contribution in [3.8, 4) is 5.75 Å². The first kappa shape index (κ1) is 18.0. The molecule has 3 rings (SSSR count). The van der Waals surface area contributed by atoms with Crippen molar-refractivity contribution < 1.29 is 19.1 Å². The molecule has 0 aromatic heterocycles. The van der Waals surface area contributed by atoms with E-state index in [1.807, 2.05) is 50.2 Å². The number of hydrogen-bond donors (Lipinski definition) is 1. The van der Waals surface area contributed by atoms with Crippen LogP contribution in [0.1, 0.15) is 35.6 Å². The second-order valence-electron chi connectivity index (χ2n) is 6.68. The molecule has 2 aromatic rings. The summed E-state index contributed by atoms with van der Waals surface area (Å²) >= 11 is 0. The van der Waals surface area contributed by atoms with Crippen LogP contribution in [0, 0.1) is 13.8 Å². The Hall–Kier alpha value is -2.82. The summed E-state index contributed by atoms with van der Waals surface area (Å²) in [6, 6.07) is 15.0. The third kappa shape index (κ3) is 5.09. The highest BCUT2D eigenvalue weighted by Crippen LogP contribution is 2.23. The predicted octanol–water partition coefficient (Wildman–Crippen LogP) is 3.25. The number of ether oxygens (including phenoxy) is 2. The van der Waals surface area contributed by atoms with Gasteiger partial charge in [-0.05, 0) is 49.9 Å². The van der Waals surface area contributed by atoms with Gasteiger partial charge in [0.25, 0.3) is 5.91 Å². The Balaban J connectivity index is 1.63. The average Bonchev–Trinajstić information content (AvgIpc) is 3.41. The van der Waals surface area contributed by atoms with Gasteiger partial charge in [-0.25, -0.2) is 4.79 Å². The number of esters is 1. The van der Waals surface area contributed by atoms with Crippen LogP contribution in [0.5, 0.6) is 5.75 Å². The molecule has 0 saturated heterocycles. The summed E-state index contributed by atoms with van der Waals surface area (Å²) in [5, 5.41) is 2.89. The van der Waals surface area contributed by atoms with Crippen LogP contribution in [0.15, 0.2) is 48.5 Å². The first-order valence-electron chi connectivity index (χ1n) is 8.77. The molecule has 1 aliphatic rings. The Morgan fingerprint density at radius 2 is 1.73 bits per heavy atom. The van der Waals surface area contributed by atoms with Crippen molar-refractivity contribution in [3.05, 3.63) is 65.2 Å². The van der Waals surface area contributed by atoms with E-state index in [-0.39, 0.29) is 18.6 Å². The monoisotopic (exact) mass is 353 g/mol. The lowest BCUT2D eigenvalue weighted by atomic mass is 10.1. The van der Waals surface area contributed by atoms with Crippen LogP contribution < -0.4 is 10.1 Å². The summed E-state index contributed by atoms with van der Waals surface area (Å²) in [6.07, 6.45) is 0.973. The van der Waals surface area contributed by atoms with Gasteiger partial charge < -0.3 is 14.8 Å². The molecule has 5 nitrogen and oxygen atoms in total. The lowest BCUT2D eigenvalue weighted by Crippen LogP contribution is -2.34. The Bertz CT molecular complexity index is 764. The Morgan fingerprint density at radius 3 is 2.35 bits per heavy atom. The van der Waals surface area contributed by atoms with E-state index in [9.17, 15) is 9.59 Å². The average molecular weight is 353 g/mol. The van der Waals surface area contributed by atoms with Crippen molar-refractivity contribution in [1.29, 1.82) is 0 Å². The van der Waals surface area contributed by atoms with Crippen molar-refractivity contribution >= 4 is 11.9 Å². The second kappa shape index (κ2) is 8.04. The van der Waals surface area contributed by atoms with Crippen LogP contribution in [0.2, 0.25) is 0 Å². The van der Waals surface area contributed by atoms with E-state index in [0.29, 0.717) is 11.3 Å². The molecular formula is C21H23NO4. The molecule has 136 valence electrons. The summed E-state index contributed by atoms with van der Waals surface area (Å²) in [5.41, 5.74) is 2.75. The zero-order valence-electron chi connectivity index (χ0n) is 15.0. The highest BCUT2D eigenvalue weighted by molar-refractivity contribution is 5.85. The molecule has 0 unspecified atom stereocenters. The van der Waals surface area contributed by atoms with E-state index in [4.69, 9.17) is 9.47 Å². The Morgan fingerprint density at radius 1 is 1.08 bits per heavy atom. The summed E-state index contributed by atoms with van der Waals surface area (Å²) in [5.74, 6) is -0.263. The maximum Gasteiger partial charge on any atom is 0.345 e. The number of hydrogen-bond acceptors (Lipinski definition) is 4. The van der Waals surface area contributed by atoms with Crippen LogP contribution in [0.3, 0.4) is 0 Å². The standard InChI is InChI=1S/C21H23NO4/c1-14-10-15(2)12-18(11-14)25-13-19(23)26-20(16-6-4-3-5-7-16)21(24)22-17-8-9-17/h3-7,10-12,17,20H,8-9,13H2,1-2H3,(H,22,24)/t20-/m0/s1. The highest BCUT2D eigenvalue weighted by atomic mass is 16.6. The minimum Gasteiger partial charge on any atom is -0.482 e. The van der Waals surface area contributed by atoms with Gasteiger partial charge in [0.15, 0.2) is 6.61 Å². The van der Waals surface area contributed by atoms with Crippen molar-refractivity contribution in [2.75, 3.05) is 6.61 Å². The largest absolute Gasteiger partial charge is 0.482 e. The molecular weight excluding hydrogens is 330 g/mol. The van der Waals surface area contributed by atoms with Gasteiger partial charge in [-0.15, -0.1) is 0 Å². The van der Waals surface area contributed by atoms with Crippen molar-refractivity contribution in [2.45, 2.75) is 38.8 Å². The molecule has 0 bridgehead atoms. The molecule has 5 heteroatoms. The topological polar surface area (TPSA) is 64.6 Å². The number of nitrogens with one attached hydrogen (secondary N) is 1. The summed E-state index contributed by atoms with van der Waals surface area (Å²) in [4.78, 5) is 24.7. The second-order valence-corrected chi connectivity index (χ2v) is 6.68. The third-order valence-electron chi connectivity index (χ3n) is 4.07. The first-order chi connectivity index (χ1) is 12.5. The van der Waals surface area contributed by atoms with E-state index in [2.05, 4.69) is 5.32 Å². The number of aryl methyl sites for hydroxylation is 2. The van der Waals surface area contributed by atoms with E-state index in [0.717, 1.165) is 24.0 Å². The molecule has 26 heavy (non-hydrogen) atoms. The minimum absolute atomic E-state index is 0.193. The van der Waals surface area contributed by atoms with Gasteiger partial charge in [0.1, 0.15) is 5.75 Å². The molecule has 0 aliphatic heterocycles. The molecule has 2 aromatic carbocycles.